The highest BCUT2D eigenvalue weighted by Crippen LogP contribution is 2.57. The Kier molecular flexibility index (Phi) is 19.6. The molecule has 396 valence electrons. The molecule has 78 heavy (non-hydrogen) atoms. The number of ether oxygens (including phenoxy) is 2. The molecule has 0 heterocycles. The van der Waals surface area contributed by atoms with Crippen molar-refractivity contribution in [3.8, 4) is 17.2 Å². The molecule has 16 heteroatoms. The third-order valence-electron chi connectivity index (χ3n) is 12.5. The first kappa shape index (κ1) is 57.8. The molecule has 7 nitrogen and oxygen atoms in total. The number of halogens is 6. The second-order valence-corrected chi connectivity index (χ2v) is 24.4. The van der Waals surface area contributed by atoms with Gasteiger partial charge >= 0.3 is 12.4 Å². The average molecular weight is 1090 g/mol. The van der Waals surface area contributed by atoms with Gasteiger partial charge in [-0.3, -0.25) is 9.59 Å². The van der Waals surface area contributed by atoms with Crippen molar-refractivity contribution in [2.45, 2.75) is 12.4 Å². The standard InChI is InChI=1S/2C27H24O2P.C8H3BF6O3/c2*1-29-23-13-11-12-22(20-23)27(28)21-30(24-14-5-2-6-15-24,25-16-7-3-8-17-25)26-18-9-4-10-19-26;10-7(11,12)4-1-5(8(13,14)15)3-6(2-4)18-9(16)17/h2*2-20H,21H2,1H3;1-3H/q2*+1;-2. The lowest BCUT2D eigenvalue weighted by Gasteiger charge is -2.27. The number of methoxy groups -OCH3 is 2. The summed E-state index contributed by atoms with van der Waals surface area (Å²) in [7, 11) is -4.15. The zero-order valence-electron chi connectivity index (χ0n) is 42.2. The first-order valence-corrected chi connectivity index (χ1v) is 28.1. The summed E-state index contributed by atoms with van der Waals surface area (Å²) in [5.41, 5.74) is -1.95. The van der Waals surface area contributed by atoms with Gasteiger partial charge in [-0.2, -0.15) is 26.3 Å². The van der Waals surface area contributed by atoms with Crippen molar-refractivity contribution < 1.29 is 60.1 Å². The maximum absolute atomic E-state index is 13.6. The maximum Gasteiger partial charge on any atom is 0.416 e. The number of hydrogen-bond donors (Lipinski definition) is 0. The second kappa shape index (κ2) is 26.5. The minimum absolute atomic E-state index is 0.124. The largest absolute Gasteiger partial charge is 0.860 e. The SMILES string of the molecule is COc1cccc(C(=O)C[P+](c2ccccc2)(c2ccccc2)c2ccccc2)c1.COc1cccc(C(=O)C[P+](c2ccccc2)(c2ccccc2)c2ccccc2)c1.[O-]B([O-])Oc1cc(C(F)(F)F)cc(C(F)(F)F)c1. The number of rotatable bonds is 16. The predicted octanol–water partition coefficient (Wildman–Crippen LogP) is 10.6. The van der Waals surface area contributed by atoms with E-state index in [-0.39, 0.29) is 29.8 Å². The van der Waals surface area contributed by atoms with Crippen molar-refractivity contribution in [1.29, 1.82) is 0 Å². The Morgan fingerprint density at radius 2 is 0.654 bits per heavy atom. The molecule has 0 radical (unpaired) electrons. The molecule has 9 aromatic carbocycles. The topological polar surface area (TPSA) is 108 Å². The lowest BCUT2D eigenvalue weighted by atomic mass is 10.1. The van der Waals surface area contributed by atoms with Crippen LogP contribution in [0.4, 0.5) is 26.3 Å². The molecule has 0 fully saturated rings. The van der Waals surface area contributed by atoms with Crippen LogP contribution in [0.2, 0.25) is 0 Å². The van der Waals surface area contributed by atoms with Gasteiger partial charge in [-0.15, -0.1) is 0 Å². The average Bonchev–Trinajstić information content (AvgIpc) is 3.50. The Labute approximate surface area is 450 Å². The number of ketones is 2. The Bertz CT molecular complexity index is 2930. The fourth-order valence-electron chi connectivity index (χ4n) is 8.85. The van der Waals surface area contributed by atoms with Crippen molar-refractivity contribution in [3.05, 3.63) is 271 Å². The van der Waals surface area contributed by atoms with Crippen LogP contribution in [0.15, 0.2) is 249 Å². The van der Waals surface area contributed by atoms with E-state index in [9.17, 15) is 46.0 Å². The van der Waals surface area contributed by atoms with E-state index in [2.05, 4.69) is 150 Å². The Hall–Kier alpha value is -7.86. The highest BCUT2D eigenvalue weighted by Gasteiger charge is 2.49. The maximum atomic E-state index is 13.6. The molecule has 0 aliphatic rings. The summed E-state index contributed by atoms with van der Waals surface area (Å²) < 4.78 is 88.2. The Morgan fingerprint density at radius 1 is 0.385 bits per heavy atom. The van der Waals surface area contributed by atoms with Crippen LogP contribution in [-0.2, 0) is 12.4 Å². The van der Waals surface area contributed by atoms with E-state index in [1.807, 2.05) is 84.9 Å². The third kappa shape index (κ3) is 14.4. The van der Waals surface area contributed by atoms with Gasteiger partial charge in [0.05, 0.1) is 31.1 Å². The molecule has 0 amide bonds. The van der Waals surface area contributed by atoms with Crippen LogP contribution in [0.25, 0.3) is 0 Å². The molecule has 0 N–H and O–H groups in total. The molecule has 9 aromatic rings. The van der Waals surface area contributed by atoms with Gasteiger partial charge < -0.3 is 24.2 Å². The number of benzene rings is 9. The smallest absolute Gasteiger partial charge is 0.416 e. The lowest BCUT2D eigenvalue weighted by molar-refractivity contribution is -0.372. The number of carbonyl (C=O) groups is 2. The van der Waals surface area contributed by atoms with Gasteiger partial charge in [-0.05, 0) is 115 Å². The lowest BCUT2D eigenvalue weighted by Crippen LogP contribution is -2.50. The zero-order valence-corrected chi connectivity index (χ0v) is 44.0. The Morgan fingerprint density at radius 3 is 0.885 bits per heavy atom. The van der Waals surface area contributed by atoms with Crippen LogP contribution in [-0.4, -0.2) is 45.4 Å². The van der Waals surface area contributed by atoms with Crippen molar-refractivity contribution in [1.82, 2.24) is 0 Å². The van der Waals surface area contributed by atoms with Crippen LogP contribution in [0.3, 0.4) is 0 Å². The van der Waals surface area contributed by atoms with Crippen LogP contribution in [0, 0.1) is 0 Å². The number of Topliss-reactive ketones (excluding diaryl/α,β-unsaturated/α-hetero) is 2. The van der Waals surface area contributed by atoms with E-state index >= 15 is 0 Å². The minimum Gasteiger partial charge on any atom is -0.860 e. The summed E-state index contributed by atoms with van der Waals surface area (Å²) in [5, 5.41) is 27.4. The van der Waals surface area contributed by atoms with Gasteiger partial charge in [0.25, 0.3) is 0 Å². The highest BCUT2D eigenvalue weighted by molar-refractivity contribution is 7.96. The summed E-state index contributed by atoms with van der Waals surface area (Å²) in [6, 6.07) is 77.9. The van der Waals surface area contributed by atoms with Gasteiger partial charge in [-0.25, -0.2) is 0 Å². The van der Waals surface area contributed by atoms with E-state index in [0.717, 1.165) is 0 Å². The molecular formula is C62H51BF6O7P2. The van der Waals surface area contributed by atoms with E-state index in [1.165, 1.54) is 31.8 Å². The van der Waals surface area contributed by atoms with Crippen LogP contribution in [0.5, 0.6) is 17.2 Å². The van der Waals surface area contributed by atoms with Gasteiger partial charge in [-0.1, -0.05) is 133 Å². The number of hydrogen-bond acceptors (Lipinski definition) is 7. The highest BCUT2D eigenvalue weighted by atomic mass is 31.2. The molecule has 0 aliphatic carbocycles. The molecule has 0 atom stereocenters. The van der Waals surface area contributed by atoms with Gasteiger partial charge in [0.15, 0.2) is 0 Å². The fraction of sp³-hybridized carbons (Fsp3) is 0.0968. The van der Waals surface area contributed by atoms with Crippen molar-refractivity contribution in [2.24, 2.45) is 0 Å². The van der Waals surface area contributed by atoms with E-state index in [0.29, 0.717) is 34.9 Å². The van der Waals surface area contributed by atoms with E-state index in [4.69, 9.17) is 9.47 Å². The third-order valence-corrected chi connectivity index (χ3v) is 21.1. The summed E-state index contributed by atoms with van der Waals surface area (Å²) in [6.45, 7) is 0. The molecular weight excluding hydrogens is 1040 g/mol. The van der Waals surface area contributed by atoms with Crippen molar-refractivity contribution in [2.75, 3.05) is 26.5 Å². The molecule has 0 saturated carbocycles. The molecule has 0 unspecified atom stereocenters. The number of alkyl halides is 6. The first-order chi connectivity index (χ1) is 37.5. The Balaban J connectivity index is 0.000000176. The van der Waals surface area contributed by atoms with Crippen LogP contribution in [0.1, 0.15) is 31.8 Å². The van der Waals surface area contributed by atoms with Crippen molar-refractivity contribution in [3.63, 3.8) is 0 Å². The zero-order chi connectivity index (χ0) is 55.8. The molecule has 9 rings (SSSR count). The number of carbonyl (C=O) groups excluding carboxylic acids is 2. The van der Waals surface area contributed by atoms with Crippen LogP contribution >= 0.6 is 14.5 Å². The van der Waals surface area contributed by atoms with E-state index < -0.39 is 51.1 Å². The predicted molar refractivity (Wildman–Crippen MR) is 298 cm³/mol. The van der Waals surface area contributed by atoms with Gasteiger partial charge in [0.1, 0.15) is 77.5 Å². The molecule has 0 aromatic heterocycles. The monoisotopic (exact) mass is 1090 g/mol. The normalized spacial score (nSPS) is 11.4. The molecule has 0 aliphatic heterocycles. The summed E-state index contributed by atoms with van der Waals surface area (Å²) in [4.78, 5) is 27.2. The first-order valence-electron chi connectivity index (χ1n) is 24.2. The summed E-state index contributed by atoms with van der Waals surface area (Å²) in [5.74, 6) is 0.567. The second-order valence-electron chi connectivity index (χ2n) is 17.4. The molecule has 0 saturated heterocycles. The quantitative estimate of drug-likeness (QED) is 0.0410. The van der Waals surface area contributed by atoms with Crippen LogP contribution < -0.4 is 56.0 Å². The summed E-state index contributed by atoms with van der Waals surface area (Å²) >= 11 is 0. The van der Waals surface area contributed by atoms with Gasteiger partial charge in [0.2, 0.25) is 11.6 Å². The molecule has 0 spiro atoms. The van der Waals surface area contributed by atoms with Crippen molar-refractivity contribution >= 4 is 65.2 Å². The fourth-order valence-corrected chi connectivity index (χ4v) is 17.0. The minimum atomic E-state index is -5.05. The molecule has 0 bridgehead atoms. The van der Waals surface area contributed by atoms with Gasteiger partial charge in [0, 0.05) is 11.1 Å². The summed E-state index contributed by atoms with van der Waals surface area (Å²) in [6.07, 6.45) is -9.25. The van der Waals surface area contributed by atoms with E-state index in [1.54, 1.807) is 14.2 Å².